The highest BCUT2D eigenvalue weighted by Gasteiger charge is 2.06. The highest BCUT2D eigenvalue weighted by atomic mass is 19.1. The molecule has 0 radical (unpaired) electrons. The van der Waals surface area contributed by atoms with Crippen LogP contribution in [0.3, 0.4) is 0 Å². The minimum atomic E-state index is -0.543. The first-order chi connectivity index (χ1) is 8.70. The molecule has 0 N–H and O–H groups in total. The van der Waals surface area contributed by atoms with E-state index in [1.54, 1.807) is 0 Å². The summed E-state index contributed by atoms with van der Waals surface area (Å²) in [5.41, 5.74) is 2.45. The number of hydrogen-bond acceptors (Lipinski definition) is 0. The molecule has 0 fully saturated rings. The van der Waals surface area contributed by atoms with Gasteiger partial charge in [0.25, 0.3) is 0 Å². The van der Waals surface area contributed by atoms with Gasteiger partial charge in [0.2, 0.25) is 0 Å². The summed E-state index contributed by atoms with van der Waals surface area (Å²) in [6.07, 6.45) is 3.25. The molecule has 0 unspecified atom stereocenters. The molecule has 18 heavy (non-hydrogen) atoms. The molecule has 0 aliphatic heterocycles. The van der Waals surface area contributed by atoms with Gasteiger partial charge in [-0.05, 0) is 36.1 Å². The average Bonchev–Trinajstić information content (AvgIpc) is 2.36. The molecule has 2 aromatic carbocycles. The van der Waals surface area contributed by atoms with Crippen LogP contribution in [0.4, 0.5) is 8.78 Å². The first-order valence-corrected chi connectivity index (χ1v) is 6.25. The van der Waals surface area contributed by atoms with Crippen molar-refractivity contribution in [2.24, 2.45) is 0 Å². The Hall–Kier alpha value is -1.70. The first kappa shape index (κ1) is 12.7. The van der Waals surface area contributed by atoms with Gasteiger partial charge in [-0.3, -0.25) is 0 Å². The summed E-state index contributed by atoms with van der Waals surface area (Å²) in [4.78, 5) is 0. The third kappa shape index (κ3) is 2.95. The standard InChI is InChI=1S/C16H16F2/c1-2-3-5-12-6-4-7-13(10-12)15-9-8-14(17)11-16(15)18/h4,6-11H,2-3,5H2,1H3. The van der Waals surface area contributed by atoms with Gasteiger partial charge in [0.1, 0.15) is 11.6 Å². The van der Waals surface area contributed by atoms with Crippen molar-refractivity contribution < 1.29 is 8.78 Å². The monoisotopic (exact) mass is 246 g/mol. The lowest BCUT2D eigenvalue weighted by Gasteiger charge is -2.06. The van der Waals surface area contributed by atoms with Gasteiger partial charge in [0.15, 0.2) is 0 Å². The molecule has 94 valence electrons. The summed E-state index contributed by atoms with van der Waals surface area (Å²) in [6.45, 7) is 2.14. The number of benzene rings is 2. The lowest BCUT2D eigenvalue weighted by atomic mass is 10.00. The number of aryl methyl sites for hydroxylation is 1. The Morgan fingerprint density at radius 2 is 1.83 bits per heavy atom. The molecule has 2 aromatic rings. The lowest BCUT2D eigenvalue weighted by Crippen LogP contribution is -1.89. The van der Waals surface area contributed by atoms with Crippen LogP contribution in [0.2, 0.25) is 0 Å². The zero-order valence-electron chi connectivity index (χ0n) is 10.4. The van der Waals surface area contributed by atoms with Crippen molar-refractivity contribution in [3.8, 4) is 11.1 Å². The predicted octanol–water partition coefficient (Wildman–Crippen LogP) is 4.97. The highest BCUT2D eigenvalue weighted by Crippen LogP contribution is 2.24. The van der Waals surface area contributed by atoms with Crippen LogP contribution in [-0.2, 0) is 6.42 Å². The fourth-order valence-corrected chi connectivity index (χ4v) is 2.00. The molecule has 0 aromatic heterocycles. The zero-order chi connectivity index (χ0) is 13.0. The van der Waals surface area contributed by atoms with Crippen LogP contribution in [-0.4, -0.2) is 0 Å². The maximum Gasteiger partial charge on any atom is 0.133 e. The van der Waals surface area contributed by atoms with E-state index in [2.05, 4.69) is 6.92 Å². The van der Waals surface area contributed by atoms with Crippen molar-refractivity contribution in [3.63, 3.8) is 0 Å². The topological polar surface area (TPSA) is 0 Å². The second-order valence-electron chi connectivity index (χ2n) is 4.43. The molecule has 0 nitrogen and oxygen atoms in total. The predicted molar refractivity (Wildman–Crippen MR) is 70.4 cm³/mol. The van der Waals surface area contributed by atoms with Crippen molar-refractivity contribution in [1.29, 1.82) is 0 Å². The van der Waals surface area contributed by atoms with Crippen molar-refractivity contribution in [1.82, 2.24) is 0 Å². The van der Waals surface area contributed by atoms with Crippen molar-refractivity contribution in [2.75, 3.05) is 0 Å². The molecule has 0 amide bonds. The van der Waals surface area contributed by atoms with E-state index < -0.39 is 11.6 Å². The summed E-state index contributed by atoms with van der Waals surface area (Å²) >= 11 is 0. The maximum absolute atomic E-state index is 13.7. The molecular formula is C16H16F2. The molecule has 2 heteroatoms. The van der Waals surface area contributed by atoms with Gasteiger partial charge in [0, 0.05) is 11.6 Å². The van der Waals surface area contributed by atoms with E-state index in [1.807, 2.05) is 24.3 Å². The quantitative estimate of drug-likeness (QED) is 0.714. The van der Waals surface area contributed by atoms with Gasteiger partial charge < -0.3 is 0 Å². The van der Waals surface area contributed by atoms with E-state index in [4.69, 9.17) is 0 Å². The Labute approximate surface area is 106 Å². The van der Waals surface area contributed by atoms with Crippen LogP contribution in [0.1, 0.15) is 25.3 Å². The second-order valence-corrected chi connectivity index (χ2v) is 4.43. The Bertz CT molecular complexity index is 532. The molecule has 2 rings (SSSR count). The fourth-order valence-electron chi connectivity index (χ4n) is 2.00. The number of halogens is 2. The lowest BCUT2D eigenvalue weighted by molar-refractivity contribution is 0.585. The van der Waals surface area contributed by atoms with Crippen molar-refractivity contribution in [3.05, 3.63) is 59.7 Å². The van der Waals surface area contributed by atoms with Crippen LogP contribution in [0.15, 0.2) is 42.5 Å². The smallest absolute Gasteiger partial charge is 0.133 e. The van der Waals surface area contributed by atoms with Gasteiger partial charge in [-0.2, -0.15) is 0 Å². The molecule has 0 aliphatic carbocycles. The third-order valence-corrected chi connectivity index (χ3v) is 2.99. The molecule has 0 spiro atoms. The largest absolute Gasteiger partial charge is 0.207 e. The SMILES string of the molecule is CCCCc1cccc(-c2ccc(F)cc2F)c1. The third-order valence-electron chi connectivity index (χ3n) is 2.99. The first-order valence-electron chi connectivity index (χ1n) is 6.25. The van der Waals surface area contributed by atoms with Gasteiger partial charge in [-0.1, -0.05) is 37.6 Å². The zero-order valence-corrected chi connectivity index (χ0v) is 10.4. The van der Waals surface area contributed by atoms with Crippen LogP contribution < -0.4 is 0 Å². The van der Waals surface area contributed by atoms with E-state index in [1.165, 1.54) is 17.7 Å². The van der Waals surface area contributed by atoms with Gasteiger partial charge in [-0.15, -0.1) is 0 Å². The Kier molecular flexibility index (Phi) is 4.08. The Morgan fingerprint density at radius 3 is 2.56 bits per heavy atom. The minimum Gasteiger partial charge on any atom is -0.207 e. The van der Waals surface area contributed by atoms with Crippen LogP contribution in [0, 0.1) is 11.6 Å². The maximum atomic E-state index is 13.7. The minimum absolute atomic E-state index is 0.453. The summed E-state index contributed by atoms with van der Waals surface area (Å²) in [5.74, 6) is -1.05. The van der Waals surface area contributed by atoms with Crippen LogP contribution in [0.5, 0.6) is 0 Å². The average molecular weight is 246 g/mol. The van der Waals surface area contributed by atoms with Gasteiger partial charge in [0.05, 0.1) is 0 Å². The number of rotatable bonds is 4. The van der Waals surface area contributed by atoms with E-state index in [-0.39, 0.29) is 0 Å². The number of unbranched alkanes of at least 4 members (excludes halogenated alkanes) is 1. The van der Waals surface area contributed by atoms with E-state index >= 15 is 0 Å². The molecule has 0 saturated carbocycles. The molecule has 0 heterocycles. The summed E-state index contributed by atoms with van der Waals surface area (Å²) in [6, 6.07) is 11.5. The van der Waals surface area contributed by atoms with Crippen LogP contribution >= 0.6 is 0 Å². The summed E-state index contributed by atoms with van der Waals surface area (Å²) in [5, 5.41) is 0. The summed E-state index contributed by atoms with van der Waals surface area (Å²) in [7, 11) is 0. The molecule has 0 bridgehead atoms. The molecule has 0 saturated heterocycles. The van der Waals surface area contributed by atoms with E-state index in [0.29, 0.717) is 5.56 Å². The van der Waals surface area contributed by atoms with E-state index in [0.717, 1.165) is 30.9 Å². The van der Waals surface area contributed by atoms with Gasteiger partial charge in [-0.25, -0.2) is 8.78 Å². The Morgan fingerprint density at radius 1 is 1.00 bits per heavy atom. The van der Waals surface area contributed by atoms with Crippen molar-refractivity contribution >= 4 is 0 Å². The van der Waals surface area contributed by atoms with E-state index in [9.17, 15) is 8.78 Å². The van der Waals surface area contributed by atoms with Crippen LogP contribution in [0.25, 0.3) is 11.1 Å². The highest BCUT2D eigenvalue weighted by molar-refractivity contribution is 5.64. The molecular weight excluding hydrogens is 230 g/mol. The second kappa shape index (κ2) is 5.76. The number of hydrogen-bond donors (Lipinski definition) is 0. The van der Waals surface area contributed by atoms with Gasteiger partial charge >= 0.3 is 0 Å². The molecule has 0 atom stereocenters. The fraction of sp³-hybridized carbons (Fsp3) is 0.250. The normalized spacial score (nSPS) is 10.6. The summed E-state index contributed by atoms with van der Waals surface area (Å²) < 4.78 is 26.5. The Balaban J connectivity index is 2.32. The van der Waals surface area contributed by atoms with Crippen molar-refractivity contribution in [2.45, 2.75) is 26.2 Å². The molecule has 0 aliphatic rings.